The summed E-state index contributed by atoms with van der Waals surface area (Å²) in [4.78, 5) is 10.8. The summed E-state index contributed by atoms with van der Waals surface area (Å²) in [7, 11) is 1.64. The number of hydrogen-bond acceptors (Lipinski definition) is 4. The molecule has 0 saturated heterocycles. The quantitative estimate of drug-likeness (QED) is 0.659. The van der Waals surface area contributed by atoms with Gasteiger partial charge in [-0.2, -0.15) is 0 Å². The molecule has 0 aliphatic heterocycles. The average Bonchev–Trinajstić information content (AvgIpc) is 2.34. The minimum Gasteiger partial charge on any atom is -0.383 e. The Bertz CT molecular complexity index is 338. The van der Waals surface area contributed by atoms with Crippen LogP contribution in [0.1, 0.15) is 10.4 Å². The molecular weight excluding hydrogens is 220 g/mol. The zero-order chi connectivity index (χ0) is 12.5. The third-order valence-corrected chi connectivity index (χ3v) is 2.18. The van der Waals surface area contributed by atoms with Gasteiger partial charge in [0.15, 0.2) is 0 Å². The summed E-state index contributed by atoms with van der Waals surface area (Å²) in [5.74, 6) is -0.417. The van der Waals surface area contributed by atoms with Crippen molar-refractivity contribution in [2.24, 2.45) is 5.73 Å². The SMILES string of the molecule is COCCOCCNc1ccc(C(N)=O)cc1. The maximum absolute atomic E-state index is 10.8. The fraction of sp³-hybridized carbons (Fsp3) is 0.417. The second-order valence-corrected chi connectivity index (χ2v) is 3.47. The molecule has 1 aromatic rings. The number of ether oxygens (including phenoxy) is 2. The number of carbonyl (C=O) groups excluding carboxylic acids is 1. The molecule has 0 atom stereocenters. The van der Waals surface area contributed by atoms with Gasteiger partial charge in [0.25, 0.3) is 0 Å². The smallest absolute Gasteiger partial charge is 0.248 e. The lowest BCUT2D eigenvalue weighted by molar-refractivity contribution is 0.0759. The van der Waals surface area contributed by atoms with Crippen molar-refractivity contribution in [3.05, 3.63) is 29.8 Å². The van der Waals surface area contributed by atoms with Crippen molar-refractivity contribution < 1.29 is 14.3 Å². The predicted octanol–water partition coefficient (Wildman–Crippen LogP) is 0.860. The van der Waals surface area contributed by atoms with Crippen LogP contribution in [0.3, 0.4) is 0 Å². The van der Waals surface area contributed by atoms with Crippen LogP contribution in [0.15, 0.2) is 24.3 Å². The highest BCUT2D eigenvalue weighted by Gasteiger charge is 1.98. The number of anilines is 1. The highest BCUT2D eigenvalue weighted by molar-refractivity contribution is 5.93. The van der Waals surface area contributed by atoms with Crippen molar-refractivity contribution in [2.75, 3.05) is 38.8 Å². The van der Waals surface area contributed by atoms with Gasteiger partial charge in [-0.15, -0.1) is 0 Å². The first-order valence-electron chi connectivity index (χ1n) is 5.44. The normalized spacial score (nSPS) is 10.2. The summed E-state index contributed by atoms with van der Waals surface area (Å²) in [6, 6.07) is 7.01. The standard InChI is InChI=1S/C12H18N2O3/c1-16-8-9-17-7-6-14-11-4-2-10(3-5-11)12(13)15/h2-5,14H,6-9H2,1H3,(H2,13,15). The zero-order valence-electron chi connectivity index (χ0n) is 9.94. The number of benzene rings is 1. The highest BCUT2D eigenvalue weighted by Crippen LogP contribution is 2.08. The van der Waals surface area contributed by atoms with Gasteiger partial charge in [-0.1, -0.05) is 0 Å². The fourth-order valence-electron chi connectivity index (χ4n) is 1.26. The maximum Gasteiger partial charge on any atom is 0.248 e. The van der Waals surface area contributed by atoms with E-state index in [0.717, 1.165) is 5.69 Å². The molecule has 0 saturated carbocycles. The Kier molecular flexibility index (Phi) is 6.06. The van der Waals surface area contributed by atoms with Gasteiger partial charge in [0.05, 0.1) is 19.8 Å². The van der Waals surface area contributed by atoms with E-state index >= 15 is 0 Å². The Morgan fingerprint density at radius 1 is 1.24 bits per heavy atom. The number of amides is 1. The first-order valence-corrected chi connectivity index (χ1v) is 5.44. The maximum atomic E-state index is 10.8. The number of hydrogen-bond donors (Lipinski definition) is 2. The minimum atomic E-state index is -0.417. The van der Waals surface area contributed by atoms with E-state index in [4.69, 9.17) is 15.2 Å². The topological polar surface area (TPSA) is 73.6 Å². The van der Waals surface area contributed by atoms with Crippen molar-refractivity contribution in [2.45, 2.75) is 0 Å². The molecule has 0 aromatic heterocycles. The molecule has 94 valence electrons. The van der Waals surface area contributed by atoms with Crippen LogP contribution in [-0.4, -0.2) is 39.4 Å². The van der Waals surface area contributed by atoms with E-state index in [1.165, 1.54) is 0 Å². The fourth-order valence-corrected chi connectivity index (χ4v) is 1.26. The third kappa shape index (κ3) is 5.33. The first-order chi connectivity index (χ1) is 8.24. The van der Waals surface area contributed by atoms with Crippen LogP contribution in [0.4, 0.5) is 5.69 Å². The van der Waals surface area contributed by atoms with Gasteiger partial charge >= 0.3 is 0 Å². The summed E-state index contributed by atoms with van der Waals surface area (Å²) in [5.41, 5.74) is 6.58. The van der Waals surface area contributed by atoms with Crippen LogP contribution < -0.4 is 11.1 Å². The lowest BCUT2D eigenvalue weighted by Gasteiger charge is -2.07. The van der Waals surface area contributed by atoms with E-state index in [1.54, 1.807) is 19.2 Å². The molecule has 5 nitrogen and oxygen atoms in total. The van der Waals surface area contributed by atoms with E-state index in [9.17, 15) is 4.79 Å². The molecule has 0 spiro atoms. The summed E-state index contributed by atoms with van der Waals surface area (Å²) in [6.07, 6.45) is 0. The summed E-state index contributed by atoms with van der Waals surface area (Å²) >= 11 is 0. The van der Waals surface area contributed by atoms with Gasteiger partial charge in [0, 0.05) is 24.9 Å². The van der Waals surface area contributed by atoms with Crippen LogP contribution in [0.2, 0.25) is 0 Å². The highest BCUT2D eigenvalue weighted by atomic mass is 16.5. The molecule has 1 rings (SSSR count). The minimum absolute atomic E-state index is 0.417. The first kappa shape index (κ1) is 13.5. The van der Waals surface area contributed by atoms with Gasteiger partial charge in [0.2, 0.25) is 5.91 Å². The molecule has 0 heterocycles. The number of primary amides is 1. The van der Waals surface area contributed by atoms with Crippen molar-refractivity contribution in [1.82, 2.24) is 0 Å². The molecule has 1 aromatic carbocycles. The Morgan fingerprint density at radius 2 is 1.94 bits per heavy atom. The van der Waals surface area contributed by atoms with Crippen molar-refractivity contribution >= 4 is 11.6 Å². The molecule has 5 heteroatoms. The zero-order valence-corrected chi connectivity index (χ0v) is 9.94. The largest absolute Gasteiger partial charge is 0.383 e. The molecule has 0 aliphatic carbocycles. The Hall–Kier alpha value is -1.59. The Labute approximate surface area is 101 Å². The van der Waals surface area contributed by atoms with Crippen molar-refractivity contribution in [3.8, 4) is 0 Å². The van der Waals surface area contributed by atoms with E-state index in [1.807, 2.05) is 12.1 Å². The second-order valence-electron chi connectivity index (χ2n) is 3.47. The van der Waals surface area contributed by atoms with Crippen LogP contribution in [0.25, 0.3) is 0 Å². The van der Waals surface area contributed by atoms with Crippen LogP contribution in [0, 0.1) is 0 Å². The molecule has 0 fully saturated rings. The predicted molar refractivity (Wildman–Crippen MR) is 66.1 cm³/mol. The van der Waals surface area contributed by atoms with E-state index < -0.39 is 5.91 Å². The van der Waals surface area contributed by atoms with Gasteiger partial charge < -0.3 is 20.5 Å². The molecule has 17 heavy (non-hydrogen) atoms. The molecule has 0 aliphatic rings. The number of rotatable bonds is 8. The van der Waals surface area contributed by atoms with E-state index in [2.05, 4.69) is 5.32 Å². The van der Waals surface area contributed by atoms with Crippen LogP contribution in [-0.2, 0) is 9.47 Å². The van der Waals surface area contributed by atoms with Gasteiger partial charge in [-0.3, -0.25) is 4.79 Å². The summed E-state index contributed by atoms with van der Waals surface area (Å²) < 4.78 is 10.1. The monoisotopic (exact) mass is 238 g/mol. The van der Waals surface area contributed by atoms with E-state index in [-0.39, 0.29) is 0 Å². The summed E-state index contributed by atoms with van der Waals surface area (Å²) in [6.45, 7) is 2.52. The van der Waals surface area contributed by atoms with E-state index in [0.29, 0.717) is 31.9 Å². The molecule has 0 bridgehead atoms. The van der Waals surface area contributed by atoms with Gasteiger partial charge in [-0.25, -0.2) is 0 Å². The molecule has 1 amide bonds. The number of nitrogens with two attached hydrogens (primary N) is 1. The Balaban J connectivity index is 2.21. The van der Waals surface area contributed by atoms with Gasteiger partial charge in [-0.05, 0) is 24.3 Å². The average molecular weight is 238 g/mol. The third-order valence-electron chi connectivity index (χ3n) is 2.18. The van der Waals surface area contributed by atoms with Crippen molar-refractivity contribution in [3.63, 3.8) is 0 Å². The van der Waals surface area contributed by atoms with Crippen LogP contribution in [0.5, 0.6) is 0 Å². The lowest BCUT2D eigenvalue weighted by Crippen LogP contribution is -2.13. The van der Waals surface area contributed by atoms with Crippen molar-refractivity contribution in [1.29, 1.82) is 0 Å². The number of carbonyl (C=O) groups is 1. The molecule has 3 N–H and O–H groups in total. The summed E-state index contributed by atoms with van der Waals surface area (Å²) in [5, 5.41) is 3.17. The van der Waals surface area contributed by atoms with Gasteiger partial charge in [0.1, 0.15) is 0 Å². The van der Waals surface area contributed by atoms with Crippen LogP contribution >= 0.6 is 0 Å². The Morgan fingerprint density at radius 3 is 2.53 bits per heavy atom. The lowest BCUT2D eigenvalue weighted by atomic mass is 10.2. The molecular formula is C12H18N2O3. The molecule has 0 unspecified atom stereocenters. The number of nitrogens with one attached hydrogen (secondary N) is 1. The second kappa shape index (κ2) is 7.65. The number of methoxy groups -OCH3 is 1. The molecule has 0 radical (unpaired) electrons.